The van der Waals surface area contributed by atoms with E-state index >= 15 is 0 Å². The number of benzene rings is 1. The lowest BCUT2D eigenvalue weighted by Gasteiger charge is -2.26. The predicted molar refractivity (Wildman–Crippen MR) is 129 cm³/mol. The van der Waals surface area contributed by atoms with Gasteiger partial charge in [0, 0.05) is 36.6 Å². The molecule has 3 aromatic heterocycles. The van der Waals surface area contributed by atoms with Gasteiger partial charge in [-0.15, -0.1) is 0 Å². The van der Waals surface area contributed by atoms with E-state index < -0.39 is 17.5 Å². The van der Waals surface area contributed by atoms with E-state index in [1.165, 1.54) is 13.0 Å². The van der Waals surface area contributed by atoms with E-state index in [4.69, 9.17) is 15.6 Å². The maximum Gasteiger partial charge on any atom is 0.433 e. The van der Waals surface area contributed by atoms with Crippen LogP contribution in [0.25, 0.3) is 11.0 Å². The number of aryl methyl sites for hydroxylation is 1. The van der Waals surface area contributed by atoms with Crippen LogP contribution in [0.2, 0.25) is 0 Å². The molecule has 5 rings (SSSR count). The van der Waals surface area contributed by atoms with Crippen molar-refractivity contribution in [2.75, 3.05) is 18.1 Å². The van der Waals surface area contributed by atoms with Gasteiger partial charge in [0.25, 0.3) is 0 Å². The first kappa shape index (κ1) is 24.2. The number of alkyl halides is 3. The lowest BCUT2D eigenvalue weighted by molar-refractivity contribution is -0.141. The van der Waals surface area contributed by atoms with E-state index in [2.05, 4.69) is 26.9 Å². The number of rotatable bonds is 1. The van der Waals surface area contributed by atoms with E-state index in [-0.39, 0.29) is 29.3 Å². The number of pyridine rings is 1. The number of aromatic nitrogens is 5. The maximum atomic E-state index is 13.5. The Balaban J connectivity index is 1.71. The maximum absolute atomic E-state index is 13.5. The Hall–Kier alpha value is -4.50. The van der Waals surface area contributed by atoms with Crippen molar-refractivity contribution in [3.63, 3.8) is 0 Å². The molecule has 188 valence electrons. The van der Waals surface area contributed by atoms with Gasteiger partial charge in [-0.3, -0.25) is 20.1 Å². The van der Waals surface area contributed by atoms with Crippen molar-refractivity contribution in [3.05, 3.63) is 70.7 Å². The molecule has 0 radical (unpaired) electrons. The fraction of sp³-hybridized carbons (Fsp3) is 0.240. The highest BCUT2D eigenvalue weighted by molar-refractivity contribution is 5.95. The molecule has 1 aromatic carbocycles. The number of nitrogens with one attached hydrogen (secondary N) is 2. The van der Waals surface area contributed by atoms with Gasteiger partial charge in [0.2, 0.25) is 5.62 Å². The Morgan fingerprint density at radius 1 is 1.14 bits per heavy atom. The van der Waals surface area contributed by atoms with E-state index in [0.717, 1.165) is 27.3 Å². The molecule has 1 aliphatic rings. The highest BCUT2D eigenvalue weighted by Gasteiger charge is 2.33. The molecule has 0 amide bonds. The van der Waals surface area contributed by atoms with Crippen molar-refractivity contribution in [2.45, 2.75) is 19.7 Å². The largest absolute Gasteiger partial charge is 0.433 e. The summed E-state index contributed by atoms with van der Waals surface area (Å²) in [5.41, 5.74) is 1.30. The van der Waals surface area contributed by atoms with Crippen molar-refractivity contribution >= 4 is 28.4 Å². The SMILES string of the molecule is CC(=N)n1c(=N)nc(N2CCOCc3c(C#Cc4cnn(C)c4)cccc32)c2ccc(C(F)(F)F)nc21. The summed E-state index contributed by atoms with van der Waals surface area (Å²) in [6.45, 7) is 2.29. The van der Waals surface area contributed by atoms with Gasteiger partial charge in [-0.05, 0) is 31.2 Å². The van der Waals surface area contributed by atoms with Crippen LogP contribution in [0, 0.1) is 22.7 Å². The zero-order valence-electron chi connectivity index (χ0n) is 19.9. The molecule has 9 nitrogen and oxygen atoms in total. The predicted octanol–water partition coefficient (Wildman–Crippen LogP) is 3.58. The molecule has 0 unspecified atom stereocenters. The number of hydrogen-bond donors (Lipinski definition) is 2. The summed E-state index contributed by atoms with van der Waals surface area (Å²) in [4.78, 5) is 9.99. The molecule has 0 fully saturated rings. The van der Waals surface area contributed by atoms with Gasteiger partial charge < -0.3 is 9.64 Å². The zero-order valence-corrected chi connectivity index (χ0v) is 19.9. The Kier molecular flexibility index (Phi) is 6.01. The molecule has 0 spiro atoms. The summed E-state index contributed by atoms with van der Waals surface area (Å²) in [6.07, 6.45) is -1.22. The van der Waals surface area contributed by atoms with Gasteiger partial charge in [0.05, 0.1) is 30.4 Å². The van der Waals surface area contributed by atoms with Gasteiger partial charge in [0.15, 0.2) is 5.65 Å². The van der Waals surface area contributed by atoms with E-state index in [1.807, 2.05) is 18.2 Å². The van der Waals surface area contributed by atoms with Crippen molar-refractivity contribution in [1.82, 2.24) is 24.3 Å². The Bertz CT molecular complexity index is 1660. The van der Waals surface area contributed by atoms with E-state index in [1.54, 1.807) is 29.0 Å². The smallest absolute Gasteiger partial charge is 0.375 e. The molecular formula is C25H21F3N8O. The van der Waals surface area contributed by atoms with Crippen LogP contribution in [0.3, 0.4) is 0 Å². The number of halogens is 3. The van der Waals surface area contributed by atoms with Crippen LogP contribution in [-0.4, -0.2) is 43.3 Å². The summed E-state index contributed by atoms with van der Waals surface area (Å²) in [7, 11) is 1.80. The van der Waals surface area contributed by atoms with Crippen LogP contribution in [0.4, 0.5) is 24.7 Å². The minimum absolute atomic E-state index is 0.170. The lowest BCUT2D eigenvalue weighted by Crippen LogP contribution is -2.32. The fourth-order valence-electron chi connectivity index (χ4n) is 4.18. The minimum Gasteiger partial charge on any atom is -0.375 e. The topological polar surface area (TPSA) is 109 Å². The summed E-state index contributed by atoms with van der Waals surface area (Å²) in [5, 5.41) is 20.8. The molecule has 0 saturated heterocycles. The second-order valence-electron chi connectivity index (χ2n) is 8.41. The highest BCUT2D eigenvalue weighted by atomic mass is 19.4. The molecule has 12 heteroatoms. The molecule has 0 atom stereocenters. The molecule has 0 saturated carbocycles. The number of hydrogen-bond acceptors (Lipinski definition) is 7. The highest BCUT2D eigenvalue weighted by Crippen LogP contribution is 2.36. The molecule has 37 heavy (non-hydrogen) atoms. The monoisotopic (exact) mass is 506 g/mol. The lowest BCUT2D eigenvalue weighted by atomic mass is 10.0. The third-order valence-electron chi connectivity index (χ3n) is 5.83. The average molecular weight is 506 g/mol. The van der Waals surface area contributed by atoms with Gasteiger partial charge >= 0.3 is 6.18 Å². The molecule has 0 bridgehead atoms. The number of nitrogens with zero attached hydrogens (tertiary/aromatic N) is 6. The molecular weight excluding hydrogens is 485 g/mol. The van der Waals surface area contributed by atoms with Gasteiger partial charge in [0.1, 0.15) is 17.3 Å². The van der Waals surface area contributed by atoms with Crippen LogP contribution >= 0.6 is 0 Å². The fourth-order valence-corrected chi connectivity index (χ4v) is 4.18. The minimum atomic E-state index is -4.68. The van der Waals surface area contributed by atoms with Crippen molar-refractivity contribution in [1.29, 1.82) is 10.8 Å². The Morgan fingerprint density at radius 3 is 2.65 bits per heavy atom. The standard InChI is InChI=1S/C25H21F3N8O/c1-15(29)36-23-18(8-9-21(32-23)25(26,27)28)22(33-24(36)30)35-10-11-37-14-19-17(4-3-5-20(19)35)7-6-16-12-31-34(2)13-16/h3-5,8-9,12-13,29-30H,10-11,14H2,1-2H3. The molecule has 1 aliphatic heterocycles. The quantitative estimate of drug-likeness (QED) is 0.233. The zero-order chi connectivity index (χ0) is 26.3. The number of fused-ring (bicyclic) bond motifs is 2. The van der Waals surface area contributed by atoms with E-state index in [9.17, 15) is 13.2 Å². The van der Waals surface area contributed by atoms with Gasteiger partial charge in [-0.1, -0.05) is 17.9 Å². The molecule has 4 aromatic rings. The third kappa shape index (κ3) is 4.56. The van der Waals surface area contributed by atoms with Crippen molar-refractivity contribution in [2.24, 2.45) is 7.05 Å². The van der Waals surface area contributed by atoms with Crippen LogP contribution in [-0.2, 0) is 24.6 Å². The van der Waals surface area contributed by atoms with Gasteiger partial charge in [-0.2, -0.15) is 23.3 Å². The second-order valence-corrected chi connectivity index (χ2v) is 8.41. The summed E-state index contributed by atoms with van der Waals surface area (Å²) in [5.74, 6) is 6.33. The third-order valence-corrected chi connectivity index (χ3v) is 5.83. The van der Waals surface area contributed by atoms with Crippen LogP contribution in [0.5, 0.6) is 0 Å². The first-order valence-corrected chi connectivity index (χ1v) is 11.2. The number of anilines is 2. The first-order chi connectivity index (χ1) is 17.6. The van der Waals surface area contributed by atoms with Gasteiger partial charge in [-0.25, -0.2) is 4.98 Å². The van der Waals surface area contributed by atoms with Crippen molar-refractivity contribution < 1.29 is 17.9 Å². The van der Waals surface area contributed by atoms with Crippen LogP contribution in [0.15, 0.2) is 42.7 Å². The van der Waals surface area contributed by atoms with E-state index in [0.29, 0.717) is 18.8 Å². The van der Waals surface area contributed by atoms with Crippen LogP contribution < -0.4 is 10.5 Å². The van der Waals surface area contributed by atoms with Crippen molar-refractivity contribution in [3.8, 4) is 11.8 Å². The summed E-state index contributed by atoms with van der Waals surface area (Å²) < 4.78 is 48.9. The molecule has 4 heterocycles. The summed E-state index contributed by atoms with van der Waals surface area (Å²) in [6, 6.07) is 7.72. The summed E-state index contributed by atoms with van der Waals surface area (Å²) >= 11 is 0. The Morgan fingerprint density at radius 2 is 1.95 bits per heavy atom. The first-order valence-electron chi connectivity index (χ1n) is 11.2. The Labute approximate surface area is 209 Å². The average Bonchev–Trinajstić information content (AvgIpc) is 3.13. The normalized spacial score (nSPS) is 13.6. The molecule has 2 N–H and O–H groups in total. The van der Waals surface area contributed by atoms with Crippen LogP contribution in [0.1, 0.15) is 29.3 Å². The molecule has 0 aliphatic carbocycles. The second kappa shape index (κ2) is 9.18. The number of ether oxygens (including phenoxy) is 1.